The van der Waals surface area contributed by atoms with Gasteiger partial charge in [0.15, 0.2) is 5.70 Å². The van der Waals surface area contributed by atoms with Gasteiger partial charge in [0, 0.05) is 10.6 Å². The lowest BCUT2D eigenvalue weighted by molar-refractivity contribution is -0.129. The third-order valence-electron chi connectivity index (χ3n) is 4.19. The molecule has 0 fully saturated rings. The fourth-order valence-corrected chi connectivity index (χ4v) is 2.79. The molecule has 1 aliphatic heterocycles. The van der Waals surface area contributed by atoms with E-state index in [2.05, 4.69) is 4.99 Å². The van der Waals surface area contributed by atoms with Gasteiger partial charge in [-0.05, 0) is 72.3 Å². The molecule has 0 spiro atoms. The number of carbonyl (C=O) groups is 2. The van der Waals surface area contributed by atoms with Crippen molar-refractivity contribution in [2.45, 2.75) is 0 Å². The fourth-order valence-electron chi connectivity index (χ4n) is 2.67. The molecule has 0 bridgehead atoms. The number of nitrogens with zero attached hydrogens (tertiary/aromatic N) is 1. The van der Waals surface area contributed by atoms with E-state index in [9.17, 15) is 14.0 Å². The molecule has 5 nitrogen and oxygen atoms in total. The zero-order valence-corrected chi connectivity index (χ0v) is 16.1. The van der Waals surface area contributed by atoms with Gasteiger partial charge >= 0.3 is 11.9 Å². The summed E-state index contributed by atoms with van der Waals surface area (Å²) in [5, 5.41) is 0.527. The molecule has 3 aromatic rings. The maximum atomic E-state index is 13.0. The summed E-state index contributed by atoms with van der Waals surface area (Å²) in [6.45, 7) is 0. The summed E-state index contributed by atoms with van der Waals surface area (Å²) < 4.78 is 23.5. The number of cyclic esters (lactones) is 1. The van der Waals surface area contributed by atoms with Crippen LogP contribution < -0.4 is 4.74 Å². The van der Waals surface area contributed by atoms with Gasteiger partial charge in [0.25, 0.3) is 0 Å². The predicted molar refractivity (Wildman–Crippen MR) is 110 cm³/mol. The Morgan fingerprint density at radius 2 is 1.63 bits per heavy atom. The lowest BCUT2D eigenvalue weighted by atomic mass is 10.2. The van der Waals surface area contributed by atoms with Gasteiger partial charge in [0.2, 0.25) is 5.90 Å². The van der Waals surface area contributed by atoms with Crippen LogP contribution in [-0.2, 0) is 9.53 Å². The van der Waals surface area contributed by atoms with Crippen LogP contribution in [0.5, 0.6) is 5.75 Å². The van der Waals surface area contributed by atoms with E-state index in [0.717, 1.165) is 0 Å². The van der Waals surface area contributed by atoms with Crippen LogP contribution in [0.25, 0.3) is 6.08 Å². The number of halogens is 2. The number of benzene rings is 3. The first kappa shape index (κ1) is 19.5. The number of ether oxygens (including phenoxy) is 2. The van der Waals surface area contributed by atoms with Gasteiger partial charge in [-0.2, -0.15) is 0 Å². The smallest absolute Gasteiger partial charge is 0.363 e. The number of carbonyl (C=O) groups excluding carboxylic acids is 2. The number of aliphatic imine (C=N–C) groups is 1. The van der Waals surface area contributed by atoms with Crippen LogP contribution >= 0.6 is 11.6 Å². The van der Waals surface area contributed by atoms with Crippen molar-refractivity contribution >= 4 is 35.5 Å². The molecule has 0 saturated heterocycles. The molecule has 0 saturated carbocycles. The van der Waals surface area contributed by atoms with Gasteiger partial charge in [0.05, 0.1) is 5.56 Å². The number of hydrogen-bond acceptors (Lipinski definition) is 5. The molecule has 0 radical (unpaired) electrons. The SMILES string of the molecule is O=C1OC(c2ccc(F)cc2)=N/C1=C\c1ccc(OC(=O)c2ccc(Cl)cc2)cc1. The van der Waals surface area contributed by atoms with Crippen LogP contribution in [-0.4, -0.2) is 17.8 Å². The quantitative estimate of drug-likeness (QED) is 0.336. The van der Waals surface area contributed by atoms with Crippen molar-refractivity contribution in [2.75, 3.05) is 0 Å². The third kappa shape index (κ3) is 4.45. The highest BCUT2D eigenvalue weighted by Crippen LogP contribution is 2.21. The van der Waals surface area contributed by atoms with Gasteiger partial charge in [-0.1, -0.05) is 23.7 Å². The molecular weight excluding hydrogens is 409 g/mol. The summed E-state index contributed by atoms with van der Waals surface area (Å²) >= 11 is 5.81. The van der Waals surface area contributed by atoms with Crippen molar-refractivity contribution in [2.24, 2.45) is 4.99 Å². The summed E-state index contributed by atoms with van der Waals surface area (Å²) in [7, 11) is 0. The second-order valence-corrected chi connectivity index (χ2v) is 6.74. The highest BCUT2D eigenvalue weighted by atomic mass is 35.5. The Labute approximate surface area is 176 Å². The largest absolute Gasteiger partial charge is 0.423 e. The summed E-state index contributed by atoms with van der Waals surface area (Å²) in [4.78, 5) is 28.4. The Kier molecular flexibility index (Phi) is 5.41. The van der Waals surface area contributed by atoms with Crippen molar-refractivity contribution in [3.05, 3.63) is 106 Å². The van der Waals surface area contributed by atoms with Crippen molar-refractivity contribution < 1.29 is 23.5 Å². The van der Waals surface area contributed by atoms with E-state index < -0.39 is 17.8 Å². The Balaban J connectivity index is 1.48. The second-order valence-electron chi connectivity index (χ2n) is 6.31. The van der Waals surface area contributed by atoms with Crippen LogP contribution in [0, 0.1) is 5.82 Å². The van der Waals surface area contributed by atoms with Gasteiger partial charge in [0.1, 0.15) is 11.6 Å². The van der Waals surface area contributed by atoms with E-state index in [-0.39, 0.29) is 11.6 Å². The molecule has 1 heterocycles. The van der Waals surface area contributed by atoms with E-state index in [1.165, 1.54) is 24.3 Å². The second kappa shape index (κ2) is 8.31. The average Bonchev–Trinajstić information content (AvgIpc) is 3.10. The molecule has 7 heteroatoms. The molecule has 0 atom stereocenters. The van der Waals surface area contributed by atoms with Crippen LogP contribution in [0.4, 0.5) is 4.39 Å². The molecule has 0 aliphatic carbocycles. The van der Waals surface area contributed by atoms with Crippen molar-refractivity contribution in [1.82, 2.24) is 0 Å². The zero-order valence-electron chi connectivity index (χ0n) is 15.3. The van der Waals surface area contributed by atoms with E-state index in [0.29, 0.717) is 27.5 Å². The normalized spacial score (nSPS) is 14.4. The molecule has 30 heavy (non-hydrogen) atoms. The first-order valence-electron chi connectivity index (χ1n) is 8.84. The van der Waals surface area contributed by atoms with E-state index >= 15 is 0 Å². The standard InChI is InChI=1S/C23H13ClFNO4/c24-17-7-3-16(4-8-17)22(27)29-19-11-1-14(2-12-19)13-20-23(28)30-21(26-20)15-5-9-18(25)10-6-15/h1-13H/b20-13-. The third-order valence-corrected chi connectivity index (χ3v) is 4.44. The molecule has 0 aromatic heterocycles. The summed E-state index contributed by atoms with van der Waals surface area (Å²) in [5.41, 5.74) is 1.65. The number of esters is 2. The monoisotopic (exact) mass is 421 g/mol. The fraction of sp³-hybridized carbons (Fsp3) is 0. The van der Waals surface area contributed by atoms with Gasteiger partial charge in [-0.15, -0.1) is 0 Å². The summed E-state index contributed by atoms with van der Waals surface area (Å²) in [5.74, 6) is -1.05. The molecular formula is C23H13ClFNO4. The lowest BCUT2D eigenvalue weighted by Gasteiger charge is -2.05. The van der Waals surface area contributed by atoms with Crippen LogP contribution in [0.2, 0.25) is 5.02 Å². The van der Waals surface area contributed by atoms with E-state index in [4.69, 9.17) is 21.1 Å². The molecule has 148 valence electrons. The van der Waals surface area contributed by atoms with Gasteiger partial charge in [-0.3, -0.25) is 0 Å². The average molecular weight is 422 g/mol. The summed E-state index contributed by atoms with van der Waals surface area (Å²) in [6, 6.07) is 18.4. The van der Waals surface area contributed by atoms with Crippen LogP contribution in [0.3, 0.4) is 0 Å². The Hall–Kier alpha value is -3.77. The minimum atomic E-state index is -0.604. The van der Waals surface area contributed by atoms with Crippen molar-refractivity contribution in [1.29, 1.82) is 0 Å². The molecule has 1 aliphatic rings. The van der Waals surface area contributed by atoms with Crippen LogP contribution in [0.1, 0.15) is 21.5 Å². The van der Waals surface area contributed by atoms with Crippen molar-refractivity contribution in [3.63, 3.8) is 0 Å². The maximum absolute atomic E-state index is 13.0. The predicted octanol–water partition coefficient (Wildman–Crippen LogP) is 5.04. The number of hydrogen-bond donors (Lipinski definition) is 0. The van der Waals surface area contributed by atoms with Gasteiger partial charge in [-0.25, -0.2) is 19.0 Å². The minimum Gasteiger partial charge on any atom is -0.423 e. The van der Waals surface area contributed by atoms with Crippen molar-refractivity contribution in [3.8, 4) is 5.75 Å². The van der Waals surface area contributed by atoms with E-state index in [1.54, 1.807) is 54.6 Å². The molecule has 3 aromatic carbocycles. The highest BCUT2D eigenvalue weighted by molar-refractivity contribution is 6.30. The first-order chi connectivity index (χ1) is 14.5. The maximum Gasteiger partial charge on any atom is 0.363 e. The molecule has 0 amide bonds. The first-order valence-corrected chi connectivity index (χ1v) is 9.22. The molecule has 0 N–H and O–H groups in total. The lowest BCUT2D eigenvalue weighted by Crippen LogP contribution is -2.08. The zero-order chi connectivity index (χ0) is 21.1. The highest BCUT2D eigenvalue weighted by Gasteiger charge is 2.24. The molecule has 4 rings (SSSR count). The van der Waals surface area contributed by atoms with Gasteiger partial charge < -0.3 is 9.47 Å². The molecule has 0 unspecified atom stereocenters. The summed E-state index contributed by atoms with van der Waals surface area (Å²) in [6.07, 6.45) is 1.55. The number of rotatable bonds is 4. The Bertz CT molecular complexity index is 1170. The van der Waals surface area contributed by atoms with E-state index in [1.807, 2.05) is 0 Å². The topological polar surface area (TPSA) is 65.0 Å². The Morgan fingerprint density at radius 1 is 0.967 bits per heavy atom. The van der Waals surface area contributed by atoms with Crippen LogP contribution in [0.15, 0.2) is 83.5 Å². The minimum absolute atomic E-state index is 0.111. The Morgan fingerprint density at radius 3 is 2.30 bits per heavy atom.